The molecule has 0 aliphatic heterocycles. The number of halogens is 1. The van der Waals surface area contributed by atoms with Crippen molar-refractivity contribution >= 4 is 11.8 Å². The molecule has 18 heavy (non-hydrogen) atoms. The predicted molar refractivity (Wildman–Crippen MR) is 65.6 cm³/mol. The van der Waals surface area contributed by atoms with Crippen LogP contribution < -0.4 is 0 Å². The number of esters is 1. The Labute approximate surface area is 106 Å². The van der Waals surface area contributed by atoms with Crippen LogP contribution in [0.5, 0.6) is 0 Å². The molecule has 0 heterocycles. The van der Waals surface area contributed by atoms with Crippen molar-refractivity contribution in [1.82, 2.24) is 0 Å². The van der Waals surface area contributed by atoms with Crippen LogP contribution in [0.2, 0.25) is 0 Å². The minimum absolute atomic E-state index is 0.0497. The average molecular weight is 252 g/mol. The molecule has 4 heteroatoms. The fourth-order valence-corrected chi connectivity index (χ4v) is 1.57. The van der Waals surface area contributed by atoms with Gasteiger partial charge in [0.05, 0.1) is 13.0 Å². The molecule has 1 rings (SSSR count). The van der Waals surface area contributed by atoms with Crippen LogP contribution in [-0.4, -0.2) is 18.4 Å². The van der Waals surface area contributed by atoms with Crippen LogP contribution >= 0.6 is 0 Å². The minimum atomic E-state index is -0.364. The summed E-state index contributed by atoms with van der Waals surface area (Å²) >= 11 is 0. The molecular weight excluding hydrogens is 235 g/mol. The van der Waals surface area contributed by atoms with E-state index < -0.39 is 0 Å². The third-order valence-corrected chi connectivity index (χ3v) is 2.54. The Kier molecular flexibility index (Phi) is 6.05. The van der Waals surface area contributed by atoms with Gasteiger partial charge in [0.15, 0.2) is 0 Å². The van der Waals surface area contributed by atoms with E-state index >= 15 is 0 Å². The number of benzene rings is 1. The molecule has 0 amide bonds. The monoisotopic (exact) mass is 252 g/mol. The van der Waals surface area contributed by atoms with E-state index in [2.05, 4.69) is 0 Å². The molecule has 0 atom stereocenters. The second-order valence-corrected chi connectivity index (χ2v) is 3.94. The lowest BCUT2D eigenvalue weighted by molar-refractivity contribution is -0.144. The molecular formula is C14H17FO3. The maximum absolute atomic E-state index is 13.3. The summed E-state index contributed by atoms with van der Waals surface area (Å²) in [6.45, 7) is 2.04. The Morgan fingerprint density at radius 2 is 1.89 bits per heavy atom. The molecule has 0 saturated heterocycles. The molecule has 1 aromatic rings. The van der Waals surface area contributed by atoms with Gasteiger partial charge in [-0.05, 0) is 25.0 Å². The van der Waals surface area contributed by atoms with Crippen LogP contribution in [-0.2, 0) is 20.7 Å². The highest BCUT2D eigenvalue weighted by Gasteiger charge is 2.09. The maximum Gasteiger partial charge on any atom is 0.306 e. The summed E-state index contributed by atoms with van der Waals surface area (Å²) in [6, 6.07) is 6.38. The van der Waals surface area contributed by atoms with Gasteiger partial charge in [-0.3, -0.25) is 9.59 Å². The zero-order chi connectivity index (χ0) is 13.4. The first kappa shape index (κ1) is 14.4. The summed E-state index contributed by atoms with van der Waals surface area (Å²) in [5.41, 5.74) is 0.530. The number of ether oxygens (including phenoxy) is 1. The number of rotatable bonds is 7. The molecule has 0 aliphatic carbocycles. The van der Waals surface area contributed by atoms with Gasteiger partial charge in [-0.25, -0.2) is 4.39 Å². The molecule has 0 spiro atoms. The van der Waals surface area contributed by atoms with Gasteiger partial charge in [-0.2, -0.15) is 0 Å². The molecule has 98 valence electrons. The lowest BCUT2D eigenvalue weighted by atomic mass is 10.0. The van der Waals surface area contributed by atoms with Gasteiger partial charge in [0, 0.05) is 12.8 Å². The molecule has 0 fully saturated rings. The van der Waals surface area contributed by atoms with Crippen molar-refractivity contribution in [3.05, 3.63) is 35.6 Å². The van der Waals surface area contributed by atoms with Crippen molar-refractivity contribution in [3.8, 4) is 0 Å². The Morgan fingerprint density at radius 1 is 1.17 bits per heavy atom. The number of ketones is 1. The molecule has 3 nitrogen and oxygen atoms in total. The van der Waals surface area contributed by atoms with E-state index in [4.69, 9.17) is 4.74 Å². The van der Waals surface area contributed by atoms with Crippen molar-refractivity contribution in [1.29, 1.82) is 0 Å². The first-order valence-corrected chi connectivity index (χ1v) is 6.04. The highest BCUT2D eigenvalue weighted by molar-refractivity contribution is 5.83. The van der Waals surface area contributed by atoms with Gasteiger partial charge in [0.1, 0.15) is 11.6 Å². The van der Waals surface area contributed by atoms with E-state index in [0.717, 1.165) is 0 Å². The van der Waals surface area contributed by atoms with Gasteiger partial charge >= 0.3 is 5.97 Å². The van der Waals surface area contributed by atoms with Gasteiger partial charge in [-0.1, -0.05) is 18.2 Å². The van der Waals surface area contributed by atoms with Crippen LogP contribution in [0, 0.1) is 5.82 Å². The van der Waals surface area contributed by atoms with Crippen molar-refractivity contribution in [2.24, 2.45) is 0 Å². The number of carbonyl (C=O) groups is 2. The molecule has 1 aromatic carbocycles. The molecule has 0 bridgehead atoms. The van der Waals surface area contributed by atoms with Crippen LogP contribution in [0.4, 0.5) is 4.39 Å². The van der Waals surface area contributed by atoms with E-state index in [1.807, 2.05) is 0 Å². The Morgan fingerprint density at radius 3 is 2.56 bits per heavy atom. The number of hydrogen-bond donors (Lipinski definition) is 0. The van der Waals surface area contributed by atoms with Gasteiger partial charge in [-0.15, -0.1) is 0 Å². The van der Waals surface area contributed by atoms with Crippen molar-refractivity contribution in [3.63, 3.8) is 0 Å². The maximum atomic E-state index is 13.3. The van der Waals surface area contributed by atoms with Crippen LogP contribution in [0.3, 0.4) is 0 Å². The van der Waals surface area contributed by atoms with Crippen molar-refractivity contribution < 1.29 is 18.7 Å². The quantitative estimate of drug-likeness (QED) is 0.701. The smallest absolute Gasteiger partial charge is 0.306 e. The summed E-state index contributed by atoms with van der Waals surface area (Å²) < 4.78 is 18.0. The van der Waals surface area contributed by atoms with Gasteiger partial charge in [0.25, 0.3) is 0 Å². The molecule has 0 unspecified atom stereocenters. The SMILES string of the molecule is CCOC(=O)CCC(=O)CCc1ccccc1F. The molecule has 0 radical (unpaired) electrons. The van der Waals surface area contributed by atoms with Crippen LogP contribution in [0.1, 0.15) is 31.7 Å². The normalized spacial score (nSPS) is 10.1. The molecule has 0 aliphatic rings. The Balaban J connectivity index is 2.29. The van der Waals surface area contributed by atoms with E-state index in [1.165, 1.54) is 6.07 Å². The summed E-state index contributed by atoms with van der Waals surface area (Å²) in [4.78, 5) is 22.5. The Hall–Kier alpha value is -1.71. The zero-order valence-corrected chi connectivity index (χ0v) is 10.4. The van der Waals surface area contributed by atoms with Gasteiger partial charge < -0.3 is 4.74 Å². The zero-order valence-electron chi connectivity index (χ0n) is 10.4. The first-order valence-electron chi connectivity index (χ1n) is 6.04. The number of aryl methyl sites for hydroxylation is 1. The van der Waals surface area contributed by atoms with Crippen LogP contribution in [0.25, 0.3) is 0 Å². The fourth-order valence-electron chi connectivity index (χ4n) is 1.57. The molecule has 0 aromatic heterocycles. The largest absolute Gasteiger partial charge is 0.466 e. The second-order valence-electron chi connectivity index (χ2n) is 3.94. The third-order valence-electron chi connectivity index (χ3n) is 2.54. The van der Waals surface area contributed by atoms with Crippen molar-refractivity contribution in [2.75, 3.05) is 6.61 Å². The third kappa shape index (κ3) is 5.08. The lowest BCUT2D eigenvalue weighted by Crippen LogP contribution is -2.08. The second kappa shape index (κ2) is 7.58. The highest BCUT2D eigenvalue weighted by atomic mass is 19.1. The lowest BCUT2D eigenvalue weighted by Gasteiger charge is -2.03. The number of hydrogen-bond acceptors (Lipinski definition) is 3. The summed E-state index contributed by atoms with van der Waals surface area (Å²) in [5, 5.41) is 0. The topological polar surface area (TPSA) is 43.4 Å². The molecule has 0 saturated carbocycles. The van der Waals surface area contributed by atoms with Crippen molar-refractivity contribution in [2.45, 2.75) is 32.6 Å². The fraction of sp³-hybridized carbons (Fsp3) is 0.429. The van der Waals surface area contributed by atoms with E-state index in [1.54, 1.807) is 25.1 Å². The number of Topliss-reactive ketones (excluding diaryl/α,β-unsaturated/α-hetero) is 1. The summed E-state index contributed by atoms with van der Waals surface area (Å²) in [6.07, 6.45) is 0.881. The van der Waals surface area contributed by atoms with E-state index in [0.29, 0.717) is 18.6 Å². The Bertz CT molecular complexity index is 415. The predicted octanol–water partition coefficient (Wildman–Crippen LogP) is 2.67. The van der Waals surface area contributed by atoms with E-state index in [9.17, 15) is 14.0 Å². The number of carbonyl (C=O) groups excluding carboxylic acids is 2. The van der Waals surface area contributed by atoms with E-state index in [-0.39, 0.29) is 36.8 Å². The van der Waals surface area contributed by atoms with Gasteiger partial charge in [0.2, 0.25) is 0 Å². The van der Waals surface area contributed by atoms with Crippen LogP contribution in [0.15, 0.2) is 24.3 Å². The average Bonchev–Trinajstić information content (AvgIpc) is 2.36. The summed E-state index contributed by atoms with van der Waals surface area (Å²) in [7, 11) is 0. The first-order chi connectivity index (χ1) is 8.63. The highest BCUT2D eigenvalue weighted by Crippen LogP contribution is 2.10. The summed E-state index contributed by atoms with van der Waals surface area (Å²) in [5.74, 6) is -0.709. The molecule has 0 N–H and O–H groups in total. The minimum Gasteiger partial charge on any atom is -0.466 e. The standard InChI is InChI=1S/C14H17FO3/c1-2-18-14(17)10-9-12(16)8-7-11-5-3-4-6-13(11)15/h3-6H,2,7-10H2,1H3.